The second kappa shape index (κ2) is 9.27. The molecule has 0 bridgehead atoms. The number of methoxy groups -OCH3 is 5. The molecule has 10 heteroatoms. The zero-order chi connectivity index (χ0) is 23.5. The Hall–Kier alpha value is -3.95. The first-order valence-electron chi connectivity index (χ1n) is 10.2. The summed E-state index contributed by atoms with van der Waals surface area (Å²) in [5.41, 5.74) is 1.35. The molecule has 1 saturated heterocycles. The van der Waals surface area contributed by atoms with E-state index in [-0.39, 0.29) is 18.2 Å². The summed E-state index contributed by atoms with van der Waals surface area (Å²) in [5, 5.41) is 4.11. The van der Waals surface area contributed by atoms with Crippen LogP contribution in [0.3, 0.4) is 0 Å². The molecule has 1 fully saturated rings. The second-order valence-corrected chi connectivity index (χ2v) is 7.31. The van der Waals surface area contributed by atoms with Crippen molar-refractivity contribution in [1.82, 2.24) is 10.1 Å². The van der Waals surface area contributed by atoms with Crippen molar-refractivity contribution in [3.63, 3.8) is 0 Å². The normalized spacial score (nSPS) is 15.5. The van der Waals surface area contributed by atoms with Crippen LogP contribution in [-0.2, 0) is 4.79 Å². The van der Waals surface area contributed by atoms with Crippen molar-refractivity contribution in [2.75, 3.05) is 47.0 Å². The highest BCUT2D eigenvalue weighted by Crippen LogP contribution is 2.41. The van der Waals surface area contributed by atoms with Crippen LogP contribution in [0.1, 0.15) is 18.2 Å². The number of benzene rings is 2. The van der Waals surface area contributed by atoms with Crippen molar-refractivity contribution in [2.24, 2.45) is 0 Å². The maximum atomic E-state index is 12.7. The van der Waals surface area contributed by atoms with Gasteiger partial charge in [-0.1, -0.05) is 5.16 Å². The topological polar surface area (TPSA) is 105 Å². The third-order valence-electron chi connectivity index (χ3n) is 5.52. The summed E-state index contributed by atoms with van der Waals surface area (Å²) in [6.45, 7) is 0.408. The SMILES string of the molecule is COc1ccc(N2CC(c3nc(-c4cc(OC)c(OC)c(OC)c4)no3)CC2=O)cc1OC. The van der Waals surface area contributed by atoms with E-state index >= 15 is 0 Å². The highest BCUT2D eigenvalue weighted by molar-refractivity contribution is 5.96. The van der Waals surface area contributed by atoms with E-state index in [0.29, 0.717) is 58.3 Å². The Morgan fingerprint density at radius 1 is 0.879 bits per heavy atom. The molecule has 1 aromatic heterocycles. The Kier molecular flexibility index (Phi) is 6.25. The molecule has 0 spiro atoms. The fraction of sp³-hybridized carbons (Fsp3) is 0.348. The van der Waals surface area contributed by atoms with Crippen LogP contribution in [0.4, 0.5) is 5.69 Å². The molecule has 1 aliphatic heterocycles. The molecule has 1 atom stereocenters. The summed E-state index contributed by atoms with van der Waals surface area (Å²) in [6, 6.07) is 8.84. The molecule has 3 aromatic rings. The standard InChI is InChI=1S/C23H25N3O7/c1-28-16-7-6-15(11-17(16)29-2)26-12-14(10-20(26)27)23-24-22(25-33-23)13-8-18(30-3)21(32-5)19(9-13)31-4/h6-9,11,14H,10,12H2,1-5H3. The van der Waals surface area contributed by atoms with Gasteiger partial charge in [-0.2, -0.15) is 4.98 Å². The van der Waals surface area contributed by atoms with E-state index in [1.165, 1.54) is 21.3 Å². The number of anilines is 1. The Morgan fingerprint density at radius 3 is 2.15 bits per heavy atom. The van der Waals surface area contributed by atoms with E-state index in [4.69, 9.17) is 28.2 Å². The first kappa shape index (κ1) is 22.3. The van der Waals surface area contributed by atoms with Crippen molar-refractivity contribution in [2.45, 2.75) is 12.3 Å². The van der Waals surface area contributed by atoms with Gasteiger partial charge in [0.1, 0.15) is 0 Å². The molecular weight excluding hydrogens is 430 g/mol. The third-order valence-corrected chi connectivity index (χ3v) is 5.52. The second-order valence-electron chi connectivity index (χ2n) is 7.31. The zero-order valence-corrected chi connectivity index (χ0v) is 19.1. The van der Waals surface area contributed by atoms with E-state index in [9.17, 15) is 4.79 Å². The number of carbonyl (C=O) groups is 1. The smallest absolute Gasteiger partial charge is 0.232 e. The minimum Gasteiger partial charge on any atom is -0.493 e. The van der Waals surface area contributed by atoms with E-state index in [1.54, 1.807) is 43.4 Å². The number of carbonyl (C=O) groups excluding carboxylic acids is 1. The largest absolute Gasteiger partial charge is 0.493 e. The Labute approximate surface area is 190 Å². The maximum absolute atomic E-state index is 12.7. The van der Waals surface area contributed by atoms with Gasteiger partial charge in [0.2, 0.25) is 23.4 Å². The molecule has 174 valence electrons. The van der Waals surface area contributed by atoms with Crippen LogP contribution in [0, 0.1) is 0 Å². The number of ether oxygens (including phenoxy) is 5. The number of rotatable bonds is 8. The Balaban J connectivity index is 1.58. The number of hydrogen-bond donors (Lipinski definition) is 0. The van der Waals surface area contributed by atoms with Gasteiger partial charge in [-0.05, 0) is 24.3 Å². The van der Waals surface area contributed by atoms with E-state index in [2.05, 4.69) is 10.1 Å². The predicted molar refractivity (Wildman–Crippen MR) is 119 cm³/mol. The van der Waals surface area contributed by atoms with Crippen LogP contribution in [0.5, 0.6) is 28.7 Å². The molecule has 10 nitrogen and oxygen atoms in total. The monoisotopic (exact) mass is 455 g/mol. The first-order valence-corrected chi connectivity index (χ1v) is 10.2. The summed E-state index contributed by atoms with van der Waals surface area (Å²) in [5.74, 6) is 3.04. The first-order chi connectivity index (χ1) is 16.0. The molecule has 0 saturated carbocycles. The molecule has 0 radical (unpaired) electrons. The Morgan fingerprint density at radius 2 is 1.55 bits per heavy atom. The molecule has 0 N–H and O–H groups in total. The number of nitrogens with zero attached hydrogens (tertiary/aromatic N) is 3. The van der Waals surface area contributed by atoms with Crippen molar-refractivity contribution in [3.8, 4) is 40.1 Å². The minimum atomic E-state index is -0.242. The number of aromatic nitrogens is 2. The fourth-order valence-corrected chi connectivity index (χ4v) is 3.84. The van der Waals surface area contributed by atoms with Crippen molar-refractivity contribution < 1.29 is 33.0 Å². The average Bonchev–Trinajstić information content (AvgIpc) is 3.49. The molecule has 1 amide bonds. The van der Waals surface area contributed by atoms with Crippen LogP contribution in [0.2, 0.25) is 0 Å². The summed E-state index contributed by atoms with van der Waals surface area (Å²) < 4.78 is 32.3. The predicted octanol–water partition coefficient (Wildman–Crippen LogP) is 3.30. The van der Waals surface area contributed by atoms with Gasteiger partial charge >= 0.3 is 0 Å². The van der Waals surface area contributed by atoms with Gasteiger partial charge in [-0.3, -0.25) is 4.79 Å². The molecule has 2 aromatic carbocycles. The Bertz CT molecular complexity index is 1140. The van der Waals surface area contributed by atoms with Crippen LogP contribution in [-0.4, -0.2) is 58.1 Å². The summed E-state index contributed by atoms with van der Waals surface area (Å²) in [7, 11) is 7.73. The van der Waals surface area contributed by atoms with Gasteiger partial charge in [-0.15, -0.1) is 0 Å². The molecule has 4 rings (SSSR count). The van der Waals surface area contributed by atoms with Gasteiger partial charge in [0, 0.05) is 30.3 Å². The quantitative estimate of drug-likeness (QED) is 0.506. The maximum Gasteiger partial charge on any atom is 0.232 e. The summed E-state index contributed by atoms with van der Waals surface area (Å²) in [4.78, 5) is 19.0. The third kappa shape index (κ3) is 4.11. The van der Waals surface area contributed by atoms with Crippen LogP contribution in [0.25, 0.3) is 11.4 Å². The lowest BCUT2D eigenvalue weighted by molar-refractivity contribution is -0.117. The van der Waals surface area contributed by atoms with Gasteiger partial charge in [0.25, 0.3) is 0 Å². The highest BCUT2D eigenvalue weighted by Gasteiger charge is 2.35. The average molecular weight is 455 g/mol. The summed E-state index contributed by atoms with van der Waals surface area (Å²) in [6.07, 6.45) is 0.255. The van der Waals surface area contributed by atoms with E-state index in [1.807, 2.05) is 6.07 Å². The molecule has 1 aliphatic rings. The fourth-order valence-electron chi connectivity index (χ4n) is 3.84. The lowest BCUT2D eigenvalue weighted by Crippen LogP contribution is -2.24. The molecular formula is C23H25N3O7. The van der Waals surface area contributed by atoms with Crippen molar-refractivity contribution >= 4 is 11.6 Å². The van der Waals surface area contributed by atoms with Crippen LogP contribution < -0.4 is 28.6 Å². The molecule has 0 aliphatic carbocycles. The minimum absolute atomic E-state index is 0.0419. The van der Waals surface area contributed by atoms with Crippen molar-refractivity contribution in [1.29, 1.82) is 0 Å². The molecule has 1 unspecified atom stereocenters. The molecule has 2 heterocycles. The number of amides is 1. The van der Waals surface area contributed by atoms with Gasteiger partial charge in [0.15, 0.2) is 23.0 Å². The number of hydrogen-bond acceptors (Lipinski definition) is 9. The summed E-state index contributed by atoms with van der Waals surface area (Å²) >= 11 is 0. The lowest BCUT2D eigenvalue weighted by Gasteiger charge is -2.18. The van der Waals surface area contributed by atoms with Gasteiger partial charge < -0.3 is 33.1 Å². The van der Waals surface area contributed by atoms with Gasteiger partial charge in [0.05, 0.1) is 41.5 Å². The lowest BCUT2D eigenvalue weighted by atomic mass is 10.1. The molecule has 33 heavy (non-hydrogen) atoms. The van der Waals surface area contributed by atoms with E-state index in [0.717, 1.165) is 0 Å². The van der Waals surface area contributed by atoms with Crippen LogP contribution in [0.15, 0.2) is 34.9 Å². The van der Waals surface area contributed by atoms with Crippen LogP contribution >= 0.6 is 0 Å². The van der Waals surface area contributed by atoms with Crippen molar-refractivity contribution in [3.05, 3.63) is 36.2 Å². The highest BCUT2D eigenvalue weighted by atomic mass is 16.5. The van der Waals surface area contributed by atoms with E-state index < -0.39 is 0 Å². The zero-order valence-electron chi connectivity index (χ0n) is 19.1. The van der Waals surface area contributed by atoms with Gasteiger partial charge in [-0.25, -0.2) is 0 Å².